The first-order valence-electron chi connectivity index (χ1n) is 9.42. The molecule has 4 aromatic rings. The van der Waals surface area contributed by atoms with Crippen LogP contribution in [0.25, 0.3) is 11.0 Å². The Balaban J connectivity index is 1.23. The van der Waals surface area contributed by atoms with E-state index in [4.69, 9.17) is 9.47 Å². The number of hydrogen-bond acceptors (Lipinski definition) is 4. The molecule has 0 bridgehead atoms. The van der Waals surface area contributed by atoms with Gasteiger partial charge >= 0.3 is 0 Å². The average Bonchev–Trinajstić information content (AvgIpc) is 3.16. The van der Waals surface area contributed by atoms with E-state index >= 15 is 0 Å². The van der Waals surface area contributed by atoms with Gasteiger partial charge in [0.2, 0.25) is 0 Å². The number of nitrogens with one attached hydrogen (secondary N) is 2. The van der Waals surface area contributed by atoms with Crippen molar-refractivity contribution in [3.8, 4) is 17.2 Å². The molecule has 6 heteroatoms. The van der Waals surface area contributed by atoms with Crippen molar-refractivity contribution in [3.63, 3.8) is 0 Å². The van der Waals surface area contributed by atoms with Crippen LogP contribution in [0.4, 0.5) is 0 Å². The molecule has 6 nitrogen and oxygen atoms in total. The van der Waals surface area contributed by atoms with E-state index < -0.39 is 0 Å². The van der Waals surface area contributed by atoms with Gasteiger partial charge in [-0.25, -0.2) is 4.98 Å². The highest BCUT2D eigenvalue weighted by atomic mass is 16.5. The molecule has 146 valence electrons. The minimum absolute atomic E-state index is 0.0606. The third-order valence-electron chi connectivity index (χ3n) is 4.28. The molecular formula is C23H21N3O3. The SMILES string of the molecule is O=C(COc1cccc(Oc2ccccc2)c1)NCCc1nc2ccccc2[nH]1. The fraction of sp³-hybridized carbons (Fsp3) is 0.130. The van der Waals surface area contributed by atoms with Crippen molar-refractivity contribution in [1.82, 2.24) is 15.3 Å². The Kier molecular flexibility index (Phi) is 5.71. The van der Waals surface area contributed by atoms with Gasteiger partial charge in [-0.05, 0) is 36.4 Å². The summed E-state index contributed by atoms with van der Waals surface area (Å²) in [6.45, 7) is 0.425. The van der Waals surface area contributed by atoms with E-state index in [0.29, 0.717) is 24.5 Å². The van der Waals surface area contributed by atoms with Gasteiger partial charge < -0.3 is 19.8 Å². The van der Waals surface area contributed by atoms with Gasteiger partial charge in [-0.2, -0.15) is 0 Å². The number of ether oxygens (including phenoxy) is 2. The Labute approximate surface area is 168 Å². The van der Waals surface area contributed by atoms with E-state index in [1.54, 1.807) is 12.1 Å². The monoisotopic (exact) mass is 387 g/mol. The number of H-pyrrole nitrogens is 1. The number of aromatic amines is 1. The molecule has 0 saturated carbocycles. The Morgan fingerprint density at radius 1 is 0.897 bits per heavy atom. The predicted octanol–water partition coefficient (Wildman–Crippen LogP) is 4.09. The number of carbonyl (C=O) groups is 1. The summed E-state index contributed by atoms with van der Waals surface area (Å²) in [6, 6.07) is 24.6. The van der Waals surface area contributed by atoms with Crippen LogP contribution in [0.2, 0.25) is 0 Å². The van der Waals surface area contributed by atoms with Crippen LogP contribution in [0.5, 0.6) is 17.2 Å². The molecule has 0 saturated heterocycles. The molecule has 0 aliphatic heterocycles. The van der Waals surface area contributed by atoms with E-state index in [1.165, 1.54) is 0 Å². The number of imidazole rings is 1. The van der Waals surface area contributed by atoms with Crippen molar-refractivity contribution >= 4 is 16.9 Å². The molecule has 0 radical (unpaired) electrons. The molecule has 1 amide bonds. The van der Waals surface area contributed by atoms with Crippen molar-refractivity contribution in [2.45, 2.75) is 6.42 Å². The largest absolute Gasteiger partial charge is 0.484 e. The van der Waals surface area contributed by atoms with Crippen LogP contribution >= 0.6 is 0 Å². The second-order valence-electron chi connectivity index (χ2n) is 6.48. The minimum Gasteiger partial charge on any atom is -0.484 e. The maximum absolute atomic E-state index is 12.1. The lowest BCUT2D eigenvalue weighted by Crippen LogP contribution is -2.30. The molecule has 29 heavy (non-hydrogen) atoms. The van der Waals surface area contributed by atoms with Crippen LogP contribution in [0.1, 0.15) is 5.82 Å². The van der Waals surface area contributed by atoms with Crippen LogP contribution in [0.15, 0.2) is 78.9 Å². The fourth-order valence-electron chi connectivity index (χ4n) is 2.90. The second kappa shape index (κ2) is 8.93. The van der Waals surface area contributed by atoms with Gasteiger partial charge in [0.25, 0.3) is 5.91 Å². The van der Waals surface area contributed by atoms with Crippen LogP contribution in [-0.4, -0.2) is 29.0 Å². The molecule has 0 fully saturated rings. The summed E-state index contributed by atoms with van der Waals surface area (Å²) in [5.74, 6) is 2.63. The Morgan fingerprint density at radius 3 is 2.52 bits per heavy atom. The number of fused-ring (bicyclic) bond motifs is 1. The van der Waals surface area contributed by atoms with Gasteiger partial charge in [0.05, 0.1) is 11.0 Å². The van der Waals surface area contributed by atoms with Gasteiger partial charge in [0, 0.05) is 19.0 Å². The number of carbonyl (C=O) groups excluding carboxylic acids is 1. The summed E-state index contributed by atoms with van der Waals surface area (Å²) in [7, 11) is 0. The number of amides is 1. The Morgan fingerprint density at radius 2 is 1.66 bits per heavy atom. The zero-order chi connectivity index (χ0) is 19.9. The average molecular weight is 387 g/mol. The van der Waals surface area contributed by atoms with Crippen LogP contribution < -0.4 is 14.8 Å². The van der Waals surface area contributed by atoms with Crippen molar-refractivity contribution in [2.24, 2.45) is 0 Å². The molecule has 0 aliphatic rings. The summed E-state index contributed by atoms with van der Waals surface area (Å²) < 4.78 is 11.4. The number of aromatic nitrogens is 2. The maximum atomic E-state index is 12.1. The Bertz CT molecular complexity index is 1060. The third kappa shape index (κ3) is 5.13. The zero-order valence-corrected chi connectivity index (χ0v) is 15.8. The van der Waals surface area contributed by atoms with Crippen molar-refractivity contribution < 1.29 is 14.3 Å². The molecule has 2 N–H and O–H groups in total. The number of para-hydroxylation sites is 3. The van der Waals surface area contributed by atoms with Gasteiger partial charge in [0.15, 0.2) is 6.61 Å². The zero-order valence-electron chi connectivity index (χ0n) is 15.8. The molecule has 1 heterocycles. The lowest BCUT2D eigenvalue weighted by molar-refractivity contribution is -0.123. The van der Waals surface area contributed by atoms with E-state index in [0.717, 1.165) is 22.6 Å². The van der Waals surface area contributed by atoms with Crippen LogP contribution in [0.3, 0.4) is 0 Å². The van der Waals surface area contributed by atoms with Gasteiger partial charge in [-0.1, -0.05) is 36.4 Å². The quantitative estimate of drug-likeness (QED) is 0.477. The number of hydrogen-bond donors (Lipinski definition) is 2. The predicted molar refractivity (Wildman–Crippen MR) is 111 cm³/mol. The first-order valence-corrected chi connectivity index (χ1v) is 9.42. The van der Waals surface area contributed by atoms with Gasteiger partial charge in [-0.15, -0.1) is 0 Å². The first-order chi connectivity index (χ1) is 14.3. The highest BCUT2D eigenvalue weighted by Crippen LogP contribution is 2.24. The number of rotatable bonds is 8. The summed E-state index contributed by atoms with van der Waals surface area (Å²) in [4.78, 5) is 19.8. The molecule has 0 spiro atoms. The molecular weight excluding hydrogens is 366 g/mol. The van der Waals surface area contributed by atoms with E-state index in [-0.39, 0.29) is 12.5 Å². The normalized spacial score (nSPS) is 10.6. The second-order valence-corrected chi connectivity index (χ2v) is 6.48. The summed E-state index contributed by atoms with van der Waals surface area (Å²) >= 11 is 0. The first kappa shape index (κ1) is 18.6. The van der Waals surface area contributed by atoms with Crippen LogP contribution in [0, 0.1) is 0 Å². The topological polar surface area (TPSA) is 76.2 Å². The smallest absolute Gasteiger partial charge is 0.257 e. The summed E-state index contributed by atoms with van der Waals surface area (Å²) in [5, 5.41) is 2.85. The van der Waals surface area contributed by atoms with E-state index in [2.05, 4.69) is 15.3 Å². The van der Waals surface area contributed by atoms with Gasteiger partial charge in [-0.3, -0.25) is 4.79 Å². The molecule has 1 aromatic heterocycles. The number of nitrogens with zero attached hydrogens (tertiary/aromatic N) is 1. The lowest BCUT2D eigenvalue weighted by atomic mass is 10.3. The molecule has 0 unspecified atom stereocenters. The fourth-order valence-corrected chi connectivity index (χ4v) is 2.90. The minimum atomic E-state index is -0.185. The lowest BCUT2D eigenvalue weighted by Gasteiger charge is -2.09. The van der Waals surface area contributed by atoms with E-state index in [9.17, 15) is 4.79 Å². The third-order valence-corrected chi connectivity index (χ3v) is 4.28. The Hall–Kier alpha value is -3.80. The molecule has 0 atom stereocenters. The van der Waals surface area contributed by atoms with Crippen molar-refractivity contribution in [3.05, 3.63) is 84.7 Å². The number of benzene rings is 3. The van der Waals surface area contributed by atoms with E-state index in [1.807, 2.05) is 66.7 Å². The highest BCUT2D eigenvalue weighted by Gasteiger charge is 2.06. The molecule has 4 rings (SSSR count). The molecule has 3 aromatic carbocycles. The maximum Gasteiger partial charge on any atom is 0.257 e. The standard InChI is InChI=1S/C23H21N3O3/c27-23(24-14-13-22-25-20-11-4-5-12-21(20)26-22)16-28-18-9-6-10-19(15-18)29-17-7-2-1-3-8-17/h1-12,15H,13-14,16H2,(H,24,27)(H,25,26). The van der Waals surface area contributed by atoms with Gasteiger partial charge in [0.1, 0.15) is 23.1 Å². The molecule has 0 aliphatic carbocycles. The van der Waals surface area contributed by atoms with Crippen molar-refractivity contribution in [1.29, 1.82) is 0 Å². The highest BCUT2D eigenvalue weighted by molar-refractivity contribution is 5.77. The van der Waals surface area contributed by atoms with Crippen molar-refractivity contribution in [2.75, 3.05) is 13.2 Å². The summed E-state index contributed by atoms with van der Waals surface area (Å²) in [6.07, 6.45) is 0.626. The summed E-state index contributed by atoms with van der Waals surface area (Å²) in [5.41, 5.74) is 1.92. The van der Waals surface area contributed by atoms with Crippen LogP contribution in [-0.2, 0) is 11.2 Å².